The molecule has 0 fully saturated rings. The summed E-state index contributed by atoms with van der Waals surface area (Å²) in [5, 5.41) is 2.55. The van der Waals surface area contributed by atoms with E-state index in [1.807, 2.05) is 24.3 Å². The Kier molecular flexibility index (Phi) is 7.55. The molecule has 2 amide bonds. The summed E-state index contributed by atoms with van der Waals surface area (Å²) >= 11 is 0. The molecule has 0 bridgehead atoms. The maximum atomic E-state index is 13.1. The summed E-state index contributed by atoms with van der Waals surface area (Å²) in [7, 11) is 1.52. The number of likely N-dealkylation sites (N-methyl/N-ethyl adjacent to an activating group) is 1. The summed E-state index contributed by atoms with van der Waals surface area (Å²) in [6.45, 7) is 5.85. The smallest absolute Gasteiger partial charge is 0.261 e. The van der Waals surface area contributed by atoms with Gasteiger partial charge in [-0.25, -0.2) is 4.39 Å². The van der Waals surface area contributed by atoms with Gasteiger partial charge in [-0.05, 0) is 48.2 Å². The van der Waals surface area contributed by atoms with Crippen molar-refractivity contribution in [3.63, 3.8) is 0 Å². The molecule has 2 aromatic carbocycles. The zero-order valence-corrected chi connectivity index (χ0v) is 16.7. The van der Waals surface area contributed by atoms with Gasteiger partial charge in [-0.2, -0.15) is 0 Å². The second-order valence-electron chi connectivity index (χ2n) is 6.95. The lowest BCUT2D eigenvalue weighted by Gasteiger charge is -2.28. The first-order valence-corrected chi connectivity index (χ1v) is 9.30. The first-order valence-electron chi connectivity index (χ1n) is 9.30. The van der Waals surface area contributed by atoms with Crippen molar-refractivity contribution in [2.75, 3.05) is 13.7 Å². The van der Waals surface area contributed by atoms with Crippen LogP contribution in [0, 0.1) is 5.82 Å². The van der Waals surface area contributed by atoms with Crippen molar-refractivity contribution >= 4 is 11.8 Å². The molecule has 0 aliphatic rings. The number of halogens is 1. The van der Waals surface area contributed by atoms with Crippen molar-refractivity contribution in [1.29, 1.82) is 0 Å². The number of carbonyl (C=O) groups excluding carboxylic acids is 2. The molecule has 0 heterocycles. The molecule has 6 heteroatoms. The second kappa shape index (κ2) is 9.88. The van der Waals surface area contributed by atoms with Crippen molar-refractivity contribution in [3.8, 4) is 5.75 Å². The minimum atomic E-state index is -0.686. The van der Waals surface area contributed by atoms with Crippen LogP contribution in [0.2, 0.25) is 0 Å². The highest BCUT2D eigenvalue weighted by Crippen LogP contribution is 2.19. The Balaban J connectivity index is 2.09. The summed E-state index contributed by atoms with van der Waals surface area (Å²) < 4.78 is 18.8. The minimum Gasteiger partial charge on any atom is -0.484 e. The van der Waals surface area contributed by atoms with E-state index in [0.717, 1.165) is 5.56 Å². The third-order valence-electron chi connectivity index (χ3n) is 4.59. The van der Waals surface area contributed by atoms with Crippen LogP contribution >= 0.6 is 0 Å². The third kappa shape index (κ3) is 5.81. The van der Waals surface area contributed by atoms with E-state index in [1.165, 1.54) is 29.6 Å². The van der Waals surface area contributed by atoms with Gasteiger partial charge in [-0.15, -0.1) is 0 Å². The number of rotatable bonds is 8. The number of ether oxygens (including phenoxy) is 1. The molecule has 1 unspecified atom stereocenters. The molecule has 1 N–H and O–H groups in total. The molecule has 0 aliphatic heterocycles. The highest BCUT2D eigenvalue weighted by atomic mass is 19.1. The van der Waals surface area contributed by atoms with Crippen LogP contribution in [0.4, 0.5) is 4.39 Å². The number of nitrogens with zero attached hydrogens (tertiary/aromatic N) is 1. The SMILES string of the molecule is CNC(=O)C(C)N(Cc1ccc(F)cc1)C(=O)COc1ccc(C(C)C)cc1. The predicted molar refractivity (Wildman–Crippen MR) is 107 cm³/mol. The van der Waals surface area contributed by atoms with Gasteiger partial charge in [0.25, 0.3) is 5.91 Å². The van der Waals surface area contributed by atoms with E-state index in [2.05, 4.69) is 19.2 Å². The van der Waals surface area contributed by atoms with Crippen LogP contribution in [-0.2, 0) is 16.1 Å². The van der Waals surface area contributed by atoms with Crippen LogP contribution in [0.3, 0.4) is 0 Å². The molecule has 1 atom stereocenters. The van der Waals surface area contributed by atoms with Gasteiger partial charge < -0.3 is 15.0 Å². The topological polar surface area (TPSA) is 58.6 Å². The fourth-order valence-corrected chi connectivity index (χ4v) is 2.75. The first-order chi connectivity index (χ1) is 13.3. The van der Waals surface area contributed by atoms with E-state index in [9.17, 15) is 14.0 Å². The summed E-state index contributed by atoms with van der Waals surface area (Å²) in [5.41, 5.74) is 1.91. The maximum Gasteiger partial charge on any atom is 0.261 e. The Morgan fingerprint density at radius 2 is 1.64 bits per heavy atom. The van der Waals surface area contributed by atoms with E-state index in [1.54, 1.807) is 19.1 Å². The van der Waals surface area contributed by atoms with Crippen LogP contribution in [0.15, 0.2) is 48.5 Å². The number of carbonyl (C=O) groups is 2. The van der Waals surface area contributed by atoms with E-state index < -0.39 is 6.04 Å². The van der Waals surface area contributed by atoms with Gasteiger partial charge in [0.2, 0.25) is 5.91 Å². The lowest BCUT2D eigenvalue weighted by atomic mass is 10.0. The number of nitrogens with one attached hydrogen (secondary N) is 1. The van der Waals surface area contributed by atoms with E-state index in [0.29, 0.717) is 11.7 Å². The van der Waals surface area contributed by atoms with Gasteiger partial charge in [0.15, 0.2) is 6.61 Å². The van der Waals surface area contributed by atoms with Crippen LogP contribution in [-0.4, -0.2) is 36.4 Å². The Morgan fingerprint density at radius 3 is 2.18 bits per heavy atom. The van der Waals surface area contributed by atoms with Gasteiger partial charge in [0.1, 0.15) is 17.6 Å². The van der Waals surface area contributed by atoms with Crippen molar-refractivity contribution in [2.24, 2.45) is 0 Å². The van der Waals surface area contributed by atoms with Gasteiger partial charge in [-0.1, -0.05) is 38.1 Å². The molecule has 150 valence electrons. The van der Waals surface area contributed by atoms with Crippen LogP contribution in [0.1, 0.15) is 37.8 Å². The molecule has 5 nitrogen and oxygen atoms in total. The molecule has 0 radical (unpaired) electrons. The van der Waals surface area contributed by atoms with Crippen molar-refractivity contribution < 1.29 is 18.7 Å². The largest absolute Gasteiger partial charge is 0.484 e. The minimum absolute atomic E-state index is 0.184. The molecule has 2 aromatic rings. The Morgan fingerprint density at radius 1 is 1.04 bits per heavy atom. The fourth-order valence-electron chi connectivity index (χ4n) is 2.75. The van der Waals surface area contributed by atoms with E-state index in [-0.39, 0.29) is 30.8 Å². The van der Waals surface area contributed by atoms with E-state index in [4.69, 9.17) is 4.74 Å². The summed E-state index contributed by atoms with van der Waals surface area (Å²) in [6.07, 6.45) is 0. The molecular weight excluding hydrogens is 359 g/mol. The average molecular weight is 386 g/mol. The lowest BCUT2D eigenvalue weighted by molar-refractivity contribution is -0.142. The highest BCUT2D eigenvalue weighted by Gasteiger charge is 2.25. The Hall–Kier alpha value is -2.89. The fraction of sp³-hybridized carbons (Fsp3) is 0.364. The average Bonchev–Trinajstić information content (AvgIpc) is 2.70. The maximum absolute atomic E-state index is 13.1. The first kappa shape index (κ1) is 21.4. The summed E-state index contributed by atoms with van der Waals surface area (Å²) in [6, 6.07) is 12.8. The quantitative estimate of drug-likeness (QED) is 0.756. The van der Waals surface area contributed by atoms with Crippen molar-refractivity contribution in [1.82, 2.24) is 10.2 Å². The van der Waals surface area contributed by atoms with Gasteiger partial charge >= 0.3 is 0 Å². The molecule has 2 rings (SSSR count). The normalized spacial score (nSPS) is 11.8. The molecule has 0 spiro atoms. The molecule has 0 saturated carbocycles. The van der Waals surface area contributed by atoms with E-state index >= 15 is 0 Å². The van der Waals surface area contributed by atoms with Crippen LogP contribution < -0.4 is 10.1 Å². The number of hydrogen-bond acceptors (Lipinski definition) is 3. The predicted octanol–water partition coefficient (Wildman–Crippen LogP) is 3.49. The van der Waals surface area contributed by atoms with Gasteiger partial charge in [-0.3, -0.25) is 9.59 Å². The van der Waals surface area contributed by atoms with Gasteiger partial charge in [0, 0.05) is 13.6 Å². The zero-order chi connectivity index (χ0) is 20.7. The van der Waals surface area contributed by atoms with Crippen molar-refractivity contribution in [2.45, 2.75) is 39.3 Å². The monoisotopic (exact) mass is 386 g/mol. The lowest BCUT2D eigenvalue weighted by Crippen LogP contribution is -2.48. The third-order valence-corrected chi connectivity index (χ3v) is 4.59. The molecular formula is C22H27FN2O3. The summed E-state index contributed by atoms with van der Waals surface area (Å²) in [4.78, 5) is 26.3. The number of benzene rings is 2. The molecule has 0 aromatic heterocycles. The van der Waals surface area contributed by atoms with Crippen molar-refractivity contribution in [3.05, 3.63) is 65.5 Å². The Bertz CT molecular complexity index is 788. The van der Waals surface area contributed by atoms with Gasteiger partial charge in [0.05, 0.1) is 0 Å². The zero-order valence-electron chi connectivity index (χ0n) is 16.7. The van der Waals surface area contributed by atoms with Crippen LogP contribution in [0.25, 0.3) is 0 Å². The molecule has 0 aliphatic carbocycles. The Labute approximate surface area is 165 Å². The van der Waals surface area contributed by atoms with Crippen LogP contribution in [0.5, 0.6) is 5.75 Å². The highest BCUT2D eigenvalue weighted by molar-refractivity contribution is 5.87. The number of amides is 2. The number of hydrogen-bond donors (Lipinski definition) is 1. The standard InChI is InChI=1S/C22H27FN2O3/c1-15(2)18-7-11-20(12-8-18)28-14-21(26)25(16(3)22(27)24-4)13-17-5-9-19(23)10-6-17/h5-12,15-16H,13-14H2,1-4H3,(H,24,27). The summed E-state index contributed by atoms with van der Waals surface area (Å²) in [5.74, 6) is 0.0432. The second-order valence-corrected chi connectivity index (χ2v) is 6.95. The molecule has 28 heavy (non-hydrogen) atoms. The molecule has 0 saturated heterocycles.